The lowest BCUT2D eigenvalue weighted by atomic mass is 10.4. The lowest BCUT2D eigenvalue weighted by Gasteiger charge is -2.06. The van der Waals surface area contributed by atoms with Crippen LogP contribution in [0.1, 0.15) is 10.7 Å². The second-order valence-corrected chi connectivity index (χ2v) is 8.35. The molecule has 20 heavy (non-hydrogen) atoms. The summed E-state index contributed by atoms with van der Waals surface area (Å²) >= 11 is 4.59. The number of nitrogens with zero attached hydrogens (tertiary/aromatic N) is 2. The molecule has 6 nitrogen and oxygen atoms in total. The number of nitrogens with one attached hydrogen (secondary N) is 1. The Bertz CT molecular complexity index is 693. The van der Waals surface area contributed by atoms with Crippen LogP contribution >= 0.6 is 27.3 Å². The van der Waals surface area contributed by atoms with Crippen molar-refractivity contribution in [3.05, 3.63) is 32.9 Å². The molecule has 0 saturated carbocycles. The number of nitrogens with two attached hydrogens (primary N) is 1. The molecule has 0 aromatic carbocycles. The Morgan fingerprint density at radius 3 is 2.85 bits per heavy atom. The highest BCUT2D eigenvalue weighted by atomic mass is 79.9. The van der Waals surface area contributed by atoms with Crippen molar-refractivity contribution in [2.75, 3.05) is 6.54 Å². The summed E-state index contributed by atoms with van der Waals surface area (Å²) < 4.78 is 29.4. The third-order valence-electron chi connectivity index (χ3n) is 2.76. The van der Waals surface area contributed by atoms with Gasteiger partial charge in [0, 0.05) is 43.8 Å². The van der Waals surface area contributed by atoms with Gasteiger partial charge in [0.05, 0.1) is 3.79 Å². The smallest absolute Gasteiger partial charge is 0.242 e. The van der Waals surface area contributed by atoms with E-state index in [2.05, 4.69) is 25.6 Å². The third kappa shape index (κ3) is 3.47. The SMILES string of the molecule is Cn1ccnc1CCNS(=O)(=O)c1cc(CN)sc1Br. The van der Waals surface area contributed by atoms with Gasteiger partial charge in [-0.3, -0.25) is 0 Å². The van der Waals surface area contributed by atoms with E-state index < -0.39 is 10.0 Å². The Balaban J connectivity index is 2.04. The predicted octanol–water partition coefficient (Wildman–Crippen LogP) is 1.22. The van der Waals surface area contributed by atoms with E-state index >= 15 is 0 Å². The van der Waals surface area contributed by atoms with Gasteiger partial charge < -0.3 is 10.3 Å². The first-order valence-electron chi connectivity index (χ1n) is 5.88. The highest BCUT2D eigenvalue weighted by Gasteiger charge is 2.20. The molecule has 0 atom stereocenters. The largest absolute Gasteiger partial charge is 0.338 e. The predicted molar refractivity (Wildman–Crippen MR) is 82.0 cm³/mol. The maximum Gasteiger partial charge on any atom is 0.242 e. The van der Waals surface area contributed by atoms with Crippen LogP contribution < -0.4 is 10.5 Å². The van der Waals surface area contributed by atoms with Gasteiger partial charge in [-0.2, -0.15) is 0 Å². The zero-order valence-corrected chi connectivity index (χ0v) is 14.1. The molecule has 0 radical (unpaired) electrons. The molecular formula is C11H15BrN4O2S2. The normalized spacial score (nSPS) is 11.9. The van der Waals surface area contributed by atoms with E-state index in [0.29, 0.717) is 23.3 Å². The molecule has 0 bridgehead atoms. The van der Waals surface area contributed by atoms with Gasteiger partial charge in [-0.15, -0.1) is 11.3 Å². The fourth-order valence-corrected chi connectivity index (χ4v) is 5.28. The first-order chi connectivity index (χ1) is 9.44. The van der Waals surface area contributed by atoms with Crippen LogP contribution in [0.4, 0.5) is 0 Å². The molecule has 0 fully saturated rings. The van der Waals surface area contributed by atoms with Crippen molar-refractivity contribution < 1.29 is 8.42 Å². The van der Waals surface area contributed by atoms with Gasteiger partial charge in [-0.05, 0) is 22.0 Å². The quantitative estimate of drug-likeness (QED) is 0.790. The average Bonchev–Trinajstić information content (AvgIpc) is 2.96. The fraction of sp³-hybridized carbons (Fsp3) is 0.364. The molecule has 0 aliphatic carbocycles. The van der Waals surface area contributed by atoms with Crippen molar-refractivity contribution >= 4 is 37.3 Å². The standard InChI is InChI=1S/C11H15BrN4O2S2/c1-16-5-4-14-10(16)2-3-15-20(17,18)9-6-8(7-13)19-11(9)12/h4-6,15H,2-3,7,13H2,1H3. The van der Waals surface area contributed by atoms with Crippen LogP contribution in [0.25, 0.3) is 0 Å². The molecule has 0 saturated heterocycles. The minimum atomic E-state index is -3.53. The van der Waals surface area contributed by atoms with Crippen LogP contribution in [0.2, 0.25) is 0 Å². The molecule has 110 valence electrons. The first kappa shape index (κ1) is 15.6. The molecule has 0 spiro atoms. The molecule has 3 N–H and O–H groups in total. The molecule has 2 aromatic heterocycles. The van der Waals surface area contributed by atoms with Crippen molar-refractivity contribution in [3.8, 4) is 0 Å². The Hall–Kier alpha value is -0.740. The van der Waals surface area contributed by atoms with E-state index in [1.165, 1.54) is 11.3 Å². The summed E-state index contributed by atoms with van der Waals surface area (Å²) in [6, 6.07) is 1.60. The van der Waals surface area contributed by atoms with Crippen molar-refractivity contribution in [3.63, 3.8) is 0 Å². The number of imidazole rings is 1. The number of aryl methyl sites for hydroxylation is 1. The Morgan fingerprint density at radius 2 is 2.30 bits per heavy atom. The van der Waals surface area contributed by atoms with Gasteiger partial charge in [0.25, 0.3) is 0 Å². The van der Waals surface area contributed by atoms with E-state index in [1.807, 2.05) is 17.8 Å². The molecule has 9 heteroatoms. The topological polar surface area (TPSA) is 90.0 Å². The summed E-state index contributed by atoms with van der Waals surface area (Å²) in [5, 5.41) is 0. The van der Waals surface area contributed by atoms with Crippen LogP contribution in [-0.4, -0.2) is 24.5 Å². The number of aromatic nitrogens is 2. The number of sulfonamides is 1. The summed E-state index contributed by atoms with van der Waals surface area (Å²) in [7, 11) is -1.65. The van der Waals surface area contributed by atoms with Crippen molar-refractivity contribution in [2.24, 2.45) is 12.8 Å². The minimum Gasteiger partial charge on any atom is -0.338 e. The number of thiophene rings is 1. The Morgan fingerprint density at radius 1 is 1.55 bits per heavy atom. The number of hydrogen-bond acceptors (Lipinski definition) is 5. The molecule has 0 amide bonds. The lowest BCUT2D eigenvalue weighted by molar-refractivity contribution is 0.580. The summed E-state index contributed by atoms with van der Waals surface area (Å²) in [4.78, 5) is 5.21. The summed E-state index contributed by atoms with van der Waals surface area (Å²) in [5.41, 5.74) is 5.52. The van der Waals surface area contributed by atoms with Crippen molar-refractivity contribution in [1.82, 2.24) is 14.3 Å². The number of halogens is 1. The van der Waals surface area contributed by atoms with E-state index in [0.717, 1.165) is 10.7 Å². The third-order valence-corrected chi connectivity index (χ3v) is 6.49. The van der Waals surface area contributed by atoms with E-state index in [9.17, 15) is 8.42 Å². The second-order valence-electron chi connectivity index (χ2n) is 4.16. The molecule has 0 unspecified atom stereocenters. The maximum absolute atomic E-state index is 12.2. The average molecular weight is 379 g/mol. The zero-order chi connectivity index (χ0) is 14.8. The van der Waals surface area contributed by atoms with E-state index in [1.54, 1.807) is 12.3 Å². The van der Waals surface area contributed by atoms with Gasteiger partial charge in [0.2, 0.25) is 10.0 Å². The van der Waals surface area contributed by atoms with Crippen LogP contribution in [0.5, 0.6) is 0 Å². The molecule has 2 rings (SSSR count). The van der Waals surface area contributed by atoms with Crippen LogP contribution in [0.3, 0.4) is 0 Å². The number of rotatable bonds is 6. The molecule has 0 aliphatic heterocycles. The highest BCUT2D eigenvalue weighted by Crippen LogP contribution is 2.31. The van der Waals surface area contributed by atoms with Crippen LogP contribution in [-0.2, 0) is 30.0 Å². The molecule has 0 aliphatic rings. The highest BCUT2D eigenvalue weighted by molar-refractivity contribution is 9.11. The Kier molecular flexibility index (Phi) is 4.97. The molecular weight excluding hydrogens is 364 g/mol. The molecule has 2 aromatic rings. The van der Waals surface area contributed by atoms with Gasteiger partial charge in [0.1, 0.15) is 10.7 Å². The Labute approximate surface area is 130 Å². The van der Waals surface area contributed by atoms with Gasteiger partial charge >= 0.3 is 0 Å². The summed E-state index contributed by atoms with van der Waals surface area (Å²) in [6.45, 7) is 0.624. The van der Waals surface area contributed by atoms with Crippen LogP contribution in [0.15, 0.2) is 27.1 Å². The van der Waals surface area contributed by atoms with Crippen LogP contribution in [0, 0.1) is 0 Å². The van der Waals surface area contributed by atoms with Gasteiger partial charge in [-0.1, -0.05) is 0 Å². The molecule has 2 heterocycles. The van der Waals surface area contributed by atoms with E-state index in [-0.39, 0.29) is 4.90 Å². The number of hydrogen-bond donors (Lipinski definition) is 2. The second kappa shape index (κ2) is 6.35. The van der Waals surface area contributed by atoms with Gasteiger partial charge in [0.15, 0.2) is 0 Å². The van der Waals surface area contributed by atoms with Gasteiger partial charge in [-0.25, -0.2) is 18.1 Å². The van der Waals surface area contributed by atoms with E-state index in [4.69, 9.17) is 5.73 Å². The summed E-state index contributed by atoms with van der Waals surface area (Å²) in [6.07, 6.45) is 4.05. The zero-order valence-electron chi connectivity index (χ0n) is 10.8. The minimum absolute atomic E-state index is 0.239. The maximum atomic E-state index is 12.2. The lowest BCUT2D eigenvalue weighted by Crippen LogP contribution is -2.26. The van der Waals surface area contributed by atoms with Crippen molar-refractivity contribution in [1.29, 1.82) is 0 Å². The summed E-state index contributed by atoms with van der Waals surface area (Å²) in [5.74, 6) is 0.833. The first-order valence-corrected chi connectivity index (χ1v) is 8.97. The van der Waals surface area contributed by atoms with Crippen molar-refractivity contribution in [2.45, 2.75) is 17.9 Å². The monoisotopic (exact) mass is 378 g/mol. The fourth-order valence-electron chi connectivity index (χ4n) is 1.69.